The van der Waals surface area contributed by atoms with Gasteiger partial charge in [0, 0.05) is 13.1 Å². The molecular formula is C14H14F3N5O3. The van der Waals surface area contributed by atoms with Gasteiger partial charge in [0.15, 0.2) is 6.29 Å². The molecule has 0 N–H and O–H groups in total. The Hall–Kier alpha value is -2.69. The van der Waals surface area contributed by atoms with Crippen molar-refractivity contribution in [1.82, 2.24) is 9.91 Å². The lowest BCUT2D eigenvalue weighted by atomic mass is 10.1. The van der Waals surface area contributed by atoms with E-state index >= 15 is 0 Å². The van der Waals surface area contributed by atoms with Gasteiger partial charge >= 0.3 is 12.2 Å². The molecule has 2 heterocycles. The molecule has 0 aliphatic carbocycles. The van der Waals surface area contributed by atoms with Crippen LogP contribution in [0.3, 0.4) is 0 Å². The molecule has 25 heavy (non-hydrogen) atoms. The van der Waals surface area contributed by atoms with Crippen LogP contribution in [0.2, 0.25) is 0 Å². The molecule has 8 nitrogen and oxygen atoms in total. The van der Waals surface area contributed by atoms with E-state index in [0.717, 1.165) is 16.1 Å². The molecule has 0 radical (unpaired) electrons. The van der Waals surface area contributed by atoms with Crippen LogP contribution in [-0.2, 0) is 15.7 Å². The Bertz CT molecular complexity index is 691. The molecule has 1 atom stereocenters. The van der Waals surface area contributed by atoms with Gasteiger partial charge in [-0.3, -0.25) is 4.79 Å². The van der Waals surface area contributed by atoms with Crippen molar-refractivity contribution in [2.24, 2.45) is 10.4 Å². The van der Waals surface area contributed by atoms with Crippen LogP contribution in [0.5, 0.6) is 0 Å². The average Bonchev–Trinajstić information content (AvgIpc) is 3.05. The first kappa shape index (κ1) is 17.1. The number of benzene rings is 1. The SMILES string of the molecule is O=CC1N(C(=O)N2CCOCC2)N=NN1c1ccccc1C(F)(F)F. The van der Waals surface area contributed by atoms with Gasteiger partial charge < -0.3 is 9.64 Å². The topological polar surface area (TPSA) is 77.8 Å². The quantitative estimate of drug-likeness (QED) is 0.760. The van der Waals surface area contributed by atoms with Crippen molar-refractivity contribution >= 4 is 18.0 Å². The highest BCUT2D eigenvalue weighted by Crippen LogP contribution is 2.38. The van der Waals surface area contributed by atoms with Crippen LogP contribution in [0.4, 0.5) is 23.7 Å². The van der Waals surface area contributed by atoms with E-state index in [1.165, 1.54) is 23.1 Å². The monoisotopic (exact) mass is 357 g/mol. The Labute approximate surface area is 140 Å². The molecule has 2 aliphatic rings. The highest BCUT2D eigenvalue weighted by molar-refractivity contribution is 5.80. The molecule has 1 aromatic carbocycles. The molecule has 1 aromatic rings. The lowest BCUT2D eigenvalue weighted by molar-refractivity contribution is -0.137. The first-order valence-corrected chi connectivity index (χ1v) is 7.41. The number of carbonyl (C=O) groups is 2. The van der Waals surface area contributed by atoms with Crippen molar-refractivity contribution in [3.05, 3.63) is 29.8 Å². The lowest BCUT2D eigenvalue weighted by Gasteiger charge is -2.31. The Balaban J connectivity index is 1.87. The number of ether oxygens (including phenoxy) is 1. The summed E-state index contributed by atoms with van der Waals surface area (Å²) in [5.41, 5.74) is -1.32. The Morgan fingerprint density at radius 2 is 1.88 bits per heavy atom. The molecule has 0 spiro atoms. The maximum atomic E-state index is 13.2. The smallest absolute Gasteiger partial charge is 0.378 e. The maximum absolute atomic E-state index is 13.2. The van der Waals surface area contributed by atoms with Crippen molar-refractivity contribution in [2.75, 3.05) is 31.3 Å². The van der Waals surface area contributed by atoms with E-state index < -0.39 is 23.9 Å². The number of carbonyl (C=O) groups excluding carboxylic acids is 2. The minimum Gasteiger partial charge on any atom is -0.378 e. The normalized spacial score (nSPS) is 20.9. The third-order valence-corrected chi connectivity index (χ3v) is 3.79. The van der Waals surface area contributed by atoms with Crippen LogP contribution in [0.15, 0.2) is 34.7 Å². The van der Waals surface area contributed by atoms with Crippen LogP contribution in [0.25, 0.3) is 0 Å². The van der Waals surface area contributed by atoms with E-state index in [4.69, 9.17) is 4.74 Å². The van der Waals surface area contributed by atoms with Crippen molar-refractivity contribution < 1.29 is 27.5 Å². The van der Waals surface area contributed by atoms with E-state index in [0.29, 0.717) is 32.6 Å². The summed E-state index contributed by atoms with van der Waals surface area (Å²) in [4.78, 5) is 25.3. The fourth-order valence-electron chi connectivity index (χ4n) is 2.57. The van der Waals surface area contributed by atoms with Gasteiger partial charge in [-0.2, -0.15) is 18.2 Å². The number of amides is 2. The average molecular weight is 357 g/mol. The van der Waals surface area contributed by atoms with Crippen LogP contribution >= 0.6 is 0 Å². The van der Waals surface area contributed by atoms with E-state index in [1.54, 1.807) is 0 Å². The van der Waals surface area contributed by atoms with E-state index in [1.807, 2.05) is 0 Å². The van der Waals surface area contributed by atoms with E-state index in [-0.39, 0.29) is 5.69 Å². The van der Waals surface area contributed by atoms with Crippen LogP contribution in [0, 0.1) is 0 Å². The van der Waals surface area contributed by atoms with Crippen molar-refractivity contribution in [3.8, 4) is 0 Å². The highest BCUT2D eigenvalue weighted by atomic mass is 19.4. The fraction of sp³-hybridized carbons (Fsp3) is 0.429. The molecule has 0 aromatic heterocycles. The van der Waals surface area contributed by atoms with Gasteiger partial charge in [-0.25, -0.2) is 9.80 Å². The second-order valence-electron chi connectivity index (χ2n) is 5.31. The maximum Gasteiger partial charge on any atom is 0.418 e. The van der Waals surface area contributed by atoms with Crippen LogP contribution in [-0.4, -0.2) is 54.7 Å². The van der Waals surface area contributed by atoms with Crippen LogP contribution in [0.1, 0.15) is 5.56 Å². The van der Waals surface area contributed by atoms with Gasteiger partial charge in [-0.05, 0) is 22.6 Å². The Morgan fingerprint density at radius 3 is 2.52 bits per heavy atom. The van der Waals surface area contributed by atoms with Crippen molar-refractivity contribution in [3.63, 3.8) is 0 Å². The standard InChI is InChI=1S/C14H14F3N5O3/c15-14(16,17)10-3-1-2-4-11(10)21-12(9-23)22(19-18-21)13(24)20-5-7-25-8-6-20/h1-4,9,12H,5-8H2. The zero-order chi connectivity index (χ0) is 18.0. The van der Waals surface area contributed by atoms with Gasteiger partial charge in [-0.1, -0.05) is 12.1 Å². The first-order chi connectivity index (χ1) is 11.9. The highest BCUT2D eigenvalue weighted by Gasteiger charge is 2.42. The van der Waals surface area contributed by atoms with Crippen LogP contribution < -0.4 is 5.01 Å². The number of halogens is 3. The molecule has 11 heteroatoms. The summed E-state index contributed by atoms with van der Waals surface area (Å²) >= 11 is 0. The molecule has 3 rings (SSSR count). The number of urea groups is 1. The molecule has 134 valence electrons. The number of anilines is 1. The second kappa shape index (κ2) is 6.67. The third-order valence-electron chi connectivity index (χ3n) is 3.79. The minimum absolute atomic E-state index is 0.301. The summed E-state index contributed by atoms with van der Waals surface area (Å²) in [6.07, 6.45) is -5.70. The molecule has 1 unspecified atom stereocenters. The number of rotatable bonds is 2. The molecule has 2 amide bonds. The lowest BCUT2D eigenvalue weighted by Crippen LogP contribution is -2.51. The summed E-state index contributed by atoms with van der Waals surface area (Å²) < 4.78 is 44.7. The molecule has 0 saturated carbocycles. The van der Waals surface area contributed by atoms with Crippen molar-refractivity contribution in [2.45, 2.75) is 12.3 Å². The molecule has 1 fully saturated rings. The minimum atomic E-state index is -4.64. The Morgan fingerprint density at radius 1 is 1.20 bits per heavy atom. The zero-order valence-electron chi connectivity index (χ0n) is 12.9. The summed E-state index contributed by atoms with van der Waals surface area (Å²) in [7, 11) is 0. The molecular weight excluding hydrogens is 343 g/mol. The van der Waals surface area contributed by atoms with E-state index in [2.05, 4.69) is 10.4 Å². The fourth-order valence-corrected chi connectivity index (χ4v) is 2.57. The number of hydrogen-bond donors (Lipinski definition) is 0. The summed E-state index contributed by atoms with van der Waals surface area (Å²) in [6, 6.07) is 4.04. The number of hydrogen-bond acceptors (Lipinski definition) is 6. The largest absolute Gasteiger partial charge is 0.418 e. The molecule has 1 saturated heterocycles. The summed E-state index contributed by atoms with van der Waals surface area (Å²) in [5, 5.41) is 8.76. The number of aldehydes is 1. The van der Waals surface area contributed by atoms with Gasteiger partial charge in [0.05, 0.1) is 24.5 Å². The number of para-hydroxylation sites is 1. The predicted octanol–water partition coefficient (Wildman–Crippen LogP) is 2.09. The number of alkyl halides is 3. The molecule has 2 aliphatic heterocycles. The summed E-state index contributed by atoms with van der Waals surface area (Å²) in [5.74, 6) is 0. The van der Waals surface area contributed by atoms with Gasteiger partial charge in [-0.15, -0.1) is 0 Å². The van der Waals surface area contributed by atoms with Gasteiger partial charge in [0.1, 0.15) is 0 Å². The Kier molecular flexibility index (Phi) is 4.57. The number of nitrogens with zero attached hydrogens (tertiary/aromatic N) is 5. The first-order valence-electron chi connectivity index (χ1n) is 7.41. The molecule has 0 bridgehead atoms. The zero-order valence-corrected chi connectivity index (χ0v) is 12.9. The third kappa shape index (κ3) is 3.27. The predicted molar refractivity (Wildman–Crippen MR) is 78.3 cm³/mol. The van der Waals surface area contributed by atoms with E-state index in [9.17, 15) is 22.8 Å². The van der Waals surface area contributed by atoms with Gasteiger partial charge in [0.25, 0.3) is 0 Å². The second-order valence-corrected chi connectivity index (χ2v) is 5.31. The van der Waals surface area contributed by atoms with Gasteiger partial charge in [0.2, 0.25) is 6.17 Å². The summed E-state index contributed by atoms with van der Waals surface area (Å²) in [6.45, 7) is 1.28. The number of morpholine rings is 1. The van der Waals surface area contributed by atoms with Crippen molar-refractivity contribution in [1.29, 1.82) is 0 Å².